The molecule has 0 aliphatic rings. The maximum absolute atomic E-state index is 12.5. The van der Waals surface area contributed by atoms with Crippen LogP contribution in [0.25, 0.3) is 0 Å². The number of anilines is 2. The molecular formula is C20H27N3O3S. The monoisotopic (exact) mass is 389 g/mol. The van der Waals surface area contributed by atoms with Gasteiger partial charge in [0.05, 0.1) is 4.90 Å². The summed E-state index contributed by atoms with van der Waals surface area (Å²) in [5, 5.41) is 2.84. The van der Waals surface area contributed by atoms with Crippen LogP contribution >= 0.6 is 0 Å². The molecule has 2 aromatic rings. The lowest BCUT2D eigenvalue weighted by Crippen LogP contribution is -2.24. The molecular weight excluding hydrogens is 362 g/mol. The Morgan fingerprint density at radius 1 is 0.963 bits per heavy atom. The van der Waals surface area contributed by atoms with E-state index in [-0.39, 0.29) is 10.8 Å². The van der Waals surface area contributed by atoms with Crippen molar-refractivity contribution >= 4 is 27.3 Å². The first-order valence-corrected chi connectivity index (χ1v) is 10.5. The smallest absolute Gasteiger partial charge is 0.261 e. The van der Waals surface area contributed by atoms with Crippen molar-refractivity contribution in [3.8, 4) is 0 Å². The average Bonchev–Trinajstić information content (AvgIpc) is 2.65. The van der Waals surface area contributed by atoms with E-state index in [4.69, 9.17) is 0 Å². The number of amides is 1. The number of benzene rings is 2. The Labute approximate surface area is 161 Å². The van der Waals surface area contributed by atoms with Crippen LogP contribution in [-0.4, -0.2) is 35.0 Å². The maximum atomic E-state index is 12.5. The van der Waals surface area contributed by atoms with E-state index in [9.17, 15) is 13.2 Å². The topological polar surface area (TPSA) is 78.5 Å². The number of nitrogens with one attached hydrogen (secondary N) is 2. The third-order valence-corrected chi connectivity index (χ3v) is 5.53. The van der Waals surface area contributed by atoms with E-state index < -0.39 is 10.0 Å². The van der Waals surface area contributed by atoms with E-state index in [0.29, 0.717) is 17.8 Å². The van der Waals surface area contributed by atoms with Crippen LogP contribution in [0, 0.1) is 0 Å². The second-order valence-corrected chi connectivity index (χ2v) is 8.22. The fourth-order valence-corrected chi connectivity index (χ4v) is 3.56. The van der Waals surface area contributed by atoms with Crippen LogP contribution in [0.1, 0.15) is 36.5 Å². The number of hydrogen-bond donors (Lipinski definition) is 2. The lowest BCUT2D eigenvalue weighted by atomic mass is 10.2. The summed E-state index contributed by atoms with van der Waals surface area (Å²) in [5.74, 6) is -0.192. The minimum atomic E-state index is -3.71. The second kappa shape index (κ2) is 9.41. The molecule has 0 fully saturated rings. The van der Waals surface area contributed by atoms with Gasteiger partial charge in [0, 0.05) is 37.6 Å². The van der Waals surface area contributed by atoms with Gasteiger partial charge in [0.2, 0.25) is 0 Å². The predicted octanol–water partition coefficient (Wildman–Crippen LogP) is 3.47. The molecule has 27 heavy (non-hydrogen) atoms. The molecule has 0 aliphatic heterocycles. The van der Waals surface area contributed by atoms with Crippen LogP contribution in [0.4, 0.5) is 11.4 Å². The Kier molecular flexibility index (Phi) is 7.24. The minimum absolute atomic E-state index is 0.113. The zero-order chi connectivity index (χ0) is 19.9. The lowest BCUT2D eigenvalue weighted by Gasteiger charge is -2.13. The van der Waals surface area contributed by atoms with Crippen LogP contribution in [0.2, 0.25) is 0 Å². The molecule has 0 spiro atoms. The Balaban J connectivity index is 2.02. The summed E-state index contributed by atoms with van der Waals surface area (Å²) >= 11 is 0. The summed E-state index contributed by atoms with van der Waals surface area (Å²) in [6, 6.07) is 13.0. The van der Waals surface area contributed by atoms with Gasteiger partial charge in [0.15, 0.2) is 0 Å². The van der Waals surface area contributed by atoms with Crippen LogP contribution in [0.3, 0.4) is 0 Å². The van der Waals surface area contributed by atoms with Crippen molar-refractivity contribution in [2.45, 2.75) is 31.1 Å². The quantitative estimate of drug-likeness (QED) is 0.644. The van der Waals surface area contributed by atoms with E-state index in [1.807, 2.05) is 31.1 Å². The molecule has 0 radical (unpaired) electrons. The summed E-state index contributed by atoms with van der Waals surface area (Å²) in [7, 11) is 0.126. The maximum Gasteiger partial charge on any atom is 0.261 e. The number of nitrogens with zero attached hydrogens (tertiary/aromatic N) is 1. The van der Waals surface area contributed by atoms with Crippen molar-refractivity contribution in [1.82, 2.24) is 5.32 Å². The van der Waals surface area contributed by atoms with Crippen LogP contribution in [-0.2, 0) is 10.0 Å². The number of rotatable bonds is 9. The number of hydrogen-bond acceptors (Lipinski definition) is 4. The number of carbonyl (C=O) groups is 1. The van der Waals surface area contributed by atoms with Gasteiger partial charge in [0.1, 0.15) is 0 Å². The Bertz CT molecular complexity index is 845. The van der Waals surface area contributed by atoms with Crippen molar-refractivity contribution in [1.29, 1.82) is 0 Å². The zero-order valence-corrected chi connectivity index (χ0v) is 16.8. The molecule has 2 N–H and O–H groups in total. The molecule has 0 bridgehead atoms. The fraction of sp³-hybridized carbons (Fsp3) is 0.350. The van der Waals surface area contributed by atoms with Crippen LogP contribution in [0.5, 0.6) is 0 Å². The van der Waals surface area contributed by atoms with Gasteiger partial charge >= 0.3 is 0 Å². The molecule has 7 heteroatoms. The SMILES string of the molecule is CCCCCNC(=O)c1ccc(S(=O)(=O)Nc2ccc(N(C)C)cc2)cc1. The molecule has 146 valence electrons. The molecule has 0 aromatic heterocycles. The summed E-state index contributed by atoms with van der Waals surface area (Å²) in [6.07, 6.45) is 3.09. The molecule has 2 rings (SSSR count). The summed E-state index contributed by atoms with van der Waals surface area (Å²) in [6.45, 7) is 2.73. The van der Waals surface area contributed by atoms with Gasteiger partial charge in [0.25, 0.3) is 15.9 Å². The van der Waals surface area contributed by atoms with Crippen molar-refractivity contribution in [2.24, 2.45) is 0 Å². The molecule has 0 aliphatic carbocycles. The van der Waals surface area contributed by atoms with Crippen molar-refractivity contribution < 1.29 is 13.2 Å². The third-order valence-electron chi connectivity index (χ3n) is 4.13. The largest absolute Gasteiger partial charge is 0.378 e. The van der Waals surface area contributed by atoms with E-state index >= 15 is 0 Å². The van der Waals surface area contributed by atoms with E-state index in [1.54, 1.807) is 12.1 Å². The highest BCUT2D eigenvalue weighted by atomic mass is 32.2. The van der Waals surface area contributed by atoms with Gasteiger partial charge in [-0.25, -0.2) is 8.42 Å². The van der Waals surface area contributed by atoms with Gasteiger partial charge in [-0.2, -0.15) is 0 Å². The first-order chi connectivity index (χ1) is 12.8. The van der Waals surface area contributed by atoms with Gasteiger partial charge in [-0.1, -0.05) is 19.8 Å². The van der Waals surface area contributed by atoms with Crippen molar-refractivity contribution in [2.75, 3.05) is 30.3 Å². The molecule has 0 atom stereocenters. The first kappa shape index (κ1) is 20.8. The summed E-state index contributed by atoms with van der Waals surface area (Å²) in [4.78, 5) is 14.1. The van der Waals surface area contributed by atoms with Crippen LogP contribution in [0.15, 0.2) is 53.4 Å². The Morgan fingerprint density at radius 2 is 1.59 bits per heavy atom. The Morgan fingerprint density at radius 3 is 2.15 bits per heavy atom. The normalized spacial score (nSPS) is 11.1. The number of unbranched alkanes of at least 4 members (excludes halogenated alkanes) is 2. The molecule has 0 saturated carbocycles. The molecule has 0 saturated heterocycles. The zero-order valence-electron chi connectivity index (χ0n) is 16.0. The Hall–Kier alpha value is -2.54. The van der Waals surface area contributed by atoms with Gasteiger partial charge in [-0.05, 0) is 55.0 Å². The summed E-state index contributed by atoms with van der Waals surface area (Å²) in [5.41, 5.74) is 1.91. The molecule has 1 amide bonds. The van der Waals surface area contributed by atoms with Gasteiger partial charge in [-0.15, -0.1) is 0 Å². The predicted molar refractivity (Wildman–Crippen MR) is 110 cm³/mol. The lowest BCUT2D eigenvalue weighted by molar-refractivity contribution is 0.0953. The highest BCUT2D eigenvalue weighted by Gasteiger charge is 2.15. The standard InChI is InChI=1S/C20H27N3O3S/c1-4-5-6-15-21-20(24)16-7-13-19(14-8-16)27(25,26)22-17-9-11-18(12-10-17)23(2)3/h7-14,22H,4-6,15H2,1-3H3,(H,21,24). The third kappa shape index (κ3) is 5.99. The highest BCUT2D eigenvalue weighted by Crippen LogP contribution is 2.20. The van der Waals surface area contributed by atoms with Crippen molar-refractivity contribution in [3.05, 3.63) is 54.1 Å². The van der Waals surface area contributed by atoms with Crippen LogP contribution < -0.4 is 14.9 Å². The van der Waals surface area contributed by atoms with E-state index in [1.165, 1.54) is 24.3 Å². The minimum Gasteiger partial charge on any atom is -0.378 e. The molecule has 0 unspecified atom stereocenters. The molecule has 0 heterocycles. The van der Waals surface area contributed by atoms with Gasteiger partial charge in [-0.3, -0.25) is 9.52 Å². The second-order valence-electron chi connectivity index (χ2n) is 6.53. The van der Waals surface area contributed by atoms with E-state index in [2.05, 4.69) is 17.0 Å². The average molecular weight is 390 g/mol. The first-order valence-electron chi connectivity index (χ1n) is 9.02. The fourth-order valence-electron chi connectivity index (χ4n) is 2.51. The molecule has 6 nitrogen and oxygen atoms in total. The van der Waals surface area contributed by atoms with E-state index in [0.717, 1.165) is 24.9 Å². The summed E-state index contributed by atoms with van der Waals surface area (Å²) < 4.78 is 27.6. The van der Waals surface area contributed by atoms with Gasteiger partial charge < -0.3 is 10.2 Å². The number of carbonyl (C=O) groups excluding carboxylic acids is 1. The van der Waals surface area contributed by atoms with Crippen molar-refractivity contribution in [3.63, 3.8) is 0 Å². The molecule has 2 aromatic carbocycles. The number of sulfonamides is 1. The highest BCUT2D eigenvalue weighted by molar-refractivity contribution is 7.92.